The molecular weight excluding hydrogens is 445 g/mol. The molecule has 2 rings (SSSR count). The number of para-hydroxylation sites is 1. The van der Waals surface area contributed by atoms with Crippen LogP contribution in [0.3, 0.4) is 0 Å². The second kappa shape index (κ2) is 12.5. The number of ether oxygens (including phenoxy) is 1. The molecule has 2 unspecified atom stereocenters. The van der Waals surface area contributed by atoms with E-state index in [0.29, 0.717) is 19.2 Å². The lowest BCUT2D eigenvalue weighted by atomic mass is 10.2. The predicted octanol–water partition coefficient (Wildman–Crippen LogP) is 4.21. The van der Waals surface area contributed by atoms with Crippen LogP contribution >= 0.6 is 35.7 Å². The van der Waals surface area contributed by atoms with Gasteiger partial charge in [0.2, 0.25) is 0 Å². The van der Waals surface area contributed by atoms with Crippen molar-refractivity contribution in [1.82, 2.24) is 10.6 Å². The predicted molar refractivity (Wildman–Crippen MR) is 120 cm³/mol. The maximum atomic E-state index is 5.71. The van der Waals surface area contributed by atoms with Gasteiger partial charge in [-0.2, -0.15) is 11.8 Å². The topological polar surface area (TPSA) is 45.6 Å². The van der Waals surface area contributed by atoms with Gasteiger partial charge in [0, 0.05) is 30.4 Å². The second-order valence-electron chi connectivity index (χ2n) is 5.86. The minimum Gasteiger partial charge on any atom is -0.489 e. The number of nitrogens with one attached hydrogen (secondary N) is 2. The SMILES string of the molecule is C=CCOc1ccccc1CNC(=NC)NC1CCC(SCC)C1.I. The highest BCUT2D eigenvalue weighted by Gasteiger charge is 2.25. The largest absolute Gasteiger partial charge is 0.489 e. The van der Waals surface area contributed by atoms with Crippen LogP contribution in [0.2, 0.25) is 0 Å². The Hall–Kier alpha value is -0.890. The fraction of sp³-hybridized carbons (Fsp3) is 0.526. The average Bonchev–Trinajstić information content (AvgIpc) is 3.05. The van der Waals surface area contributed by atoms with Crippen LogP contribution in [0, 0.1) is 0 Å². The Morgan fingerprint density at radius 3 is 2.92 bits per heavy atom. The van der Waals surface area contributed by atoms with Gasteiger partial charge >= 0.3 is 0 Å². The highest BCUT2D eigenvalue weighted by molar-refractivity contribution is 14.0. The van der Waals surface area contributed by atoms with Crippen molar-refractivity contribution in [3.63, 3.8) is 0 Å². The van der Waals surface area contributed by atoms with Gasteiger partial charge in [0.05, 0.1) is 0 Å². The number of rotatable bonds is 8. The van der Waals surface area contributed by atoms with Crippen LogP contribution in [0.25, 0.3) is 0 Å². The Kier molecular flexibility index (Phi) is 11.0. The van der Waals surface area contributed by atoms with E-state index in [1.54, 1.807) is 6.08 Å². The van der Waals surface area contributed by atoms with Crippen LogP contribution in [0.15, 0.2) is 41.9 Å². The van der Waals surface area contributed by atoms with Crippen molar-refractivity contribution in [2.75, 3.05) is 19.4 Å². The average molecular weight is 475 g/mol. The summed E-state index contributed by atoms with van der Waals surface area (Å²) in [5, 5.41) is 7.75. The van der Waals surface area contributed by atoms with Crippen molar-refractivity contribution in [3.8, 4) is 5.75 Å². The first-order valence-corrected chi connectivity index (χ1v) is 9.72. The summed E-state index contributed by atoms with van der Waals surface area (Å²) < 4.78 is 5.71. The molecular formula is C19H30IN3OS. The van der Waals surface area contributed by atoms with E-state index < -0.39 is 0 Å². The molecule has 0 amide bonds. The summed E-state index contributed by atoms with van der Waals surface area (Å²) in [4.78, 5) is 4.36. The molecule has 0 heterocycles. The molecule has 2 atom stereocenters. The molecule has 1 aliphatic rings. The van der Waals surface area contributed by atoms with Crippen molar-refractivity contribution >= 4 is 41.7 Å². The molecule has 0 radical (unpaired) electrons. The van der Waals surface area contributed by atoms with Crippen LogP contribution < -0.4 is 15.4 Å². The van der Waals surface area contributed by atoms with E-state index >= 15 is 0 Å². The molecule has 2 N–H and O–H groups in total. The van der Waals surface area contributed by atoms with E-state index in [4.69, 9.17) is 4.74 Å². The van der Waals surface area contributed by atoms with Gasteiger partial charge in [-0.05, 0) is 31.1 Å². The van der Waals surface area contributed by atoms with E-state index in [-0.39, 0.29) is 24.0 Å². The molecule has 1 aromatic carbocycles. The van der Waals surface area contributed by atoms with Crippen molar-refractivity contribution in [1.29, 1.82) is 0 Å². The number of benzene rings is 1. The summed E-state index contributed by atoms with van der Waals surface area (Å²) in [6.45, 7) is 7.14. The smallest absolute Gasteiger partial charge is 0.191 e. The fourth-order valence-electron chi connectivity index (χ4n) is 2.96. The second-order valence-corrected chi connectivity index (χ2v) is 7.44. The molecule has 1 saturated carbocycles. The normalized spacial score (nSPS) is 19.8. The molecule has 0 bridgehead atoms. The van der Waals surface area contributed by atoms with Gasteiger partial charge < -0.3 is 15.4 Å². The zero-order valence-electron chi connectivity index (χ0n) is 15.2. The summed E-state index contributed by atoms with van der Waals surface area (Å²) in [5.74, 6) is 2.95. The molecule has 1 aliphatic carbocycles. The number of halogens is 1. The lowest BCUT2D eigenvalue weighted by Gasteiger charge is -2.18. The van der Waals surface area contributed by atoms with Crippen LogP contribution in [0.5, 0.6) is 5.75 Å². The molecule has 140 valence electrons. The first-order valence-electron chi connectivity index (χ1n) is 8.67. The Labute approximate surface area is 173 Å². The van der Waals surface area contributed by atoms with Gasteiger partial charge in [-0.3, -0.25) is 4.99 Å². The van der Waals surface area contributed by atoms with Crippen molar-refractivity contribution in [3.05, 3.63) is 42.5 Å². The zero-order chi connectivity index (χ0) is 17.2. The summed E-state index contributed by atoms with van der Waals surface area (Å²) >= 11 is 2.07. The van der Waals surface area contributed by atoms with Gasteiger partial charge in [0.1, 0.15) is 12.4 Å². The van der Waals surface area contributed by atoms with Crippen molar-refractivity contribution < 1.29 is 4.74 Å². The number of thioether (sulfide) groups is 1. The summed E-state index contributed by atoms with van der Waals surface area (Å²) in [5.41, 5.74) is 1.12. The van der Waals surface area contributed by atoms with Crippen molar-refractivity contribution in [2.45, 2.75) is 44.0 Å². The lowest BCUT2D eigenvalue weighted by molar-refractivity contribution is 0.358. The highest BCUT2D eigenvalue weighted by Crippen LogP contribution is 2.29. The number of hydrogen-bond donors (Lipinski definition) is 2. The van der Waals surface area contributed by atoms with Gasteiger partial charge in [0.25, 0.3) is 0 Å². The first kappa shape index (κ1) is 22.2. The molecule has 6 heteroatoms. The molecule has 0 aromatic heterocycles. The maximum Gasteiger partial charge on any atom is 0.191 e. The number of nitrogens with zero attached hydrogens (tertiary/aromatic N) is 1. The molecule has 4 nitrogen and oxygen atoms in total. The molecule has 1 aromatic rings. The van der Waals surface area contributed by atoms with E-state index in [1.165, 1.54) is 25.0 Å². The molecule has 0 saturated heterocycles. The van der Waals surface area contributed by atoms with Gasteiger partial charge in [0.15, 0.2) is 5.96 Å². The fourth-order valence-corrected chi connectivity index (χ4v) is 4.11. The Bertz CT molecular complexity index is 553. The monoisotopic (exact) mass is 475 g/mol. The first-order chi connectivity index (χ1) is 11.8. The van der Waals surface area contributed by atoms with E-state index in [9.17, 15) is 0 Å². The minimum absolute atomic E-state index is 0. The van der Waals surface area contributed by atoms with E-state index in [1.807, 2.05) is 25.2 Å². The molecule has 0 aliphatic heterocycles. The zero-order valence-corrected chi connectivity index (χ0v) is 18.3. The Morgan fingerprint density at radius 1 is 1.40 bits per heavy atom. The summed E-state index contributed by atoms with van der Waals surface area (Å²) in [6.07, 6.45) is 5.50. The Balaban J connectivity index is 0.00000312. The third kappa shape index (κ3) is 7.48. The standard InChI is InChI=1S/C19H29N3OS.HI/c1-4-12-23-18-9-7-6-8-15(18)14-21-19(20-3)22-16-10-11-17(13-16)24-5-2;/h4,6-9,16-17H,1,5,10-14H2,2-3H3,(H2,20,21,22);1H. The van der Waals surface area contributed by atoms with E-state index in [0.717, 1.165) is 22.5 Å². The minimum atomic E-state index is 0. The molecule has 1 fully saturated rings. The van der Waals surface area contributed by atoms with Crippen molar-refractivity contribution in [2.24, 2.45) is 4.99 Å². The lowest BCUT2D eigenvalue weighted by Crippen LogP contribution is -2.42. The molecule has 25 heavy (non-hydrogen) atoms. The molecule has 0 spiro atoms. The quantitative estimate of drug-likeness (QED) is 0.256. The summed E-state index contributed by atoms with van der Waals surface area (Å²) in [7, 11) is 1.82. The third-order valence-corrected chi connectivity index (χ3v) is 5.36. The van der Waals surface area contributed by atoms with Crippen LogP contribution in [0.4, 0.5) is 0 Å². The van der Waals surface area contributed by atoms with E-state index in [2.05, 4.69) is 47.0 Å². The van der Waals surface area contributed by atoms with Crippen LogP contribution in [0.1, 0.15) is 31.7 Å². The number of aliphatic imine (C=N–C) groups is 1. The number of hydrogen-bond acceptors (Lipinski definition) is 3. The number of guanidine groups is 1. The third-order valence-electron chi connectivity index (χ3n) is 4.13. The van der Waals surface area contributed by atoms with Crippen LogP contribution in [-0.4, -0.2) is 36.7 Å². The summed E-state index contributed by atoms with van der Waals surface area (Å²) in [6, 6.07) is 8.59. The van der Waals surface area contributed by atoms with Gasteiger partial charge in [-0.1, -0.05) is 37.8 Å². The van der Waals surface area contributed by atoms with Crippen LogP contribution in [-0.2, 0) is 6.54 Å². The highest BCUT2D eigenvalue weighted by atomic mass is 127. The van der Waals surface area contributed by atoms with Gasteiger partial charge in [-0.15, -0.1) is 24.0 Å². The van der Waals surface area contributed by atoms with Gasteiger partial charge in [-0.25, -0.2) is 0 Å². The Morgan fingerprint density at radius 2 is 2.20 bits per heavy atom. The maximum absolute atomic E-state index is 5.71.